The maximum atomic E-state index is 10.7. The molecule has 0 amide bonds. The van der Waals surface area contributed by atoms with Crippen LogP contribution >= 0.6 is 0 Å². The van der Waals surface area contributed by atoms with Crippen LogP contribution in [0.4, 0.5) is 0 Å². The molecule has 0 aromatic heterocycles. The monoisotopic (exact) mass is 341 g/mol. The lowest BCUT2D eigenvalue weighted by Gasteiger charge is -2.55. The van der Waals surface area contributed by atoms with E-state index >= 15 is 0 Å². The molecule has 0 radical (unpaired) electrons. The first kappa shape index (κ1) is 20.1. The van der Waals surface area contributed by atoms with Gasteiger partial charge in [0.2, 0.25) is 0 Å². The molecule has 5 heteroatoms. The number of unbranched alkanes of at least 4 members (excludes halogenated alkanes) is 5. The zero-order chi connectivity index (χ0) is 18.0. The molecule has 0 saturated carbocycles. The molecule has 0 aromatic carbocycles. The predicted octanol–water partition coefficient (Wildman–Crippen LogP) is 2.53. The van der Waals surface area contributed by atoms with E-state index in [1.54, 1.807) is 0 Å². The number of nitrogens with zero attached hydrogens (tertiary/aromatic N) is 1. The van der Waals surface area contributed by atoms with E-state index < -0.39 is 18.1 Å². The summed E-state index contributed by atoms with van der Waals surface area (Å²) in [5.74, 6) is 0. The molecule has 4 N–H and O–H groups in total. The molecule has 2 aliphatic heterocycles. The van der Waals surface area contributed by atoms with E-state index in [1.807, 2.05) is 0 Å². The Morgan fingerprint density at radius 3 is 2.04 bits per heavy atom. The first-order chi connectivity index (χ1) is 11.1. The fraction of sp³-hybridized carbons (Fsp3) is 1.00. The van der Waals surface area contributed by atoms with Gasteiger partial charge in [-0.05, 0) is 47.0 Å². The Kier molecular flexibility index (Phi) is 6.36. The van der Waals surface area contributed by atoms with E-state index in [1.165, 1.54) is 32.1 Å². The summed E-state index contributed by atoms with van der Waals surface area (Å²) < 4.78 is 0. The summed E-state index contributed by atoms with van der Waals surface area (Å²) in [4.78, 5) is 2.13. The maximum absolute atomic E-state index is 10.7. The minimum absolute atomic E-state index is 0.0755. The first-order valence-electron chi connectivity index (χ1n) is 9.80. The summed E-state index contributed by atoms with van der Waals surface area (Å²) in [5, 5.41) is 27.9. The van der Waals surface area contributed by atoms with Gasteiger partial charge in [-0.2, -0.15) is 0 Å². The van der Waals surface area contributed by atoms with Gasteiger partial charge in [-0.15, -0.1) is 0 Å². The molecule has 5 nitrogen and oxygen atoms in total. The molecule has 2 heterocycles. The molecule has 142 valence electrons. The quantitative estimate of drug-likeness (QED) is 0.536. The minimum Gasteiger partial charge on any atom is -0.377 e. The highest BCUT2D eigenvalue weighted by atomic mass is 16.3. The van der Waals surface area contributed by atoms with Crippen LogP contribution in [-0.2, 0) is 0 Å². The summed E-state index contributed by atoms with van der Waals surface area (Å²) in [6.07, 6.45) is 7.62. The molecule has 2 unspecified atom stereocenters. The molecule has 0 bridgehead atoms. The van der Waals surface area contributed by atoms with Gasteiger partial charge >= 0.3 is 0 Å². The van der Waals surface area contributed by atoms with E-state index in [0.717, 1.165) is 25.8 Å². The molecule has 2 atom stereocenters. The highest BCUT2D eigenvalue weighted by Crippen LogP contribution is 2.44. The van der Waals surface area contributed by atoms with Gasteiger partial charge in [0.05, 0.1) is 5.54 Å². The Labute approximate surface area is 148 Å². The van der Waals surface area contributed by atoms with E-state index in [-0.39, 0.29) is 11.1 Å². The predicted molar refractivity (Wildman–Crippen MR) is 98.5 cm³/mol. The van der Waals surface area contributed by atoms with Gasteiger partial charge in [-0.3, -0.25) is 10.2 Å². The van der Waals surface area contributed by atoms with Crippen molar-refractivity contribution in [2.75, 3.05) is 6.54 Å². The lowest BCUT2D eigenvalue weighted by Crippen LogP contribution is -2.70. The SMILES string of the molecule is CCCCCCCCN1C(O)NC(O)C12CC(C)(C)NC(C)(C)C2. The van der Waals surface area contributed by atoms with Gasteiger partial charge in [0.1, 0.15) is 6.23 Å². The van der Waals surface area contributed by atoms with Crippen LogP contribution in [0.1, 0.15) is 86.0 Å². The number of hydrogen-bond acceptors (Lipinski definition) is 5. The number of aliphatic hydroxyl groups excluding tert-OH is 2. The standard InChI is InChI=1S/C19H39N3O2/c1-6-7-8-9-10-11-12-22-16(24)20-15(23)19(22)13-17(2,3)21-18(4,5)14-19/h15-16,20-21,23-24H,6-14H2,1-5H3. The van der Waals surface area contributed by atoms with Crippen molar-refractivity contribution in [3.63, 3.8) is 0 Å². The molecule has 2 aliphatic rings. The van der Waals surface area contributed by atoms with Crippen LogP contribution in [0.25, 0.3) is 0 Å². The topological polar surface area (TPSA) is 67.8 Å². The average molecular weight is 342 g/mol. The third-order valence-corrected chi connectivity index (χ3v) is 5.61. The Balaban J connectivity index is 2.05. The summed E-state index contributed by atoms with van der Waals surface area (Å²) in [6, 6.07) is 0. The third-order valence-electron chi connectivity index (χ3n) is 5.61. The first-order valence-corrected chi connectivity index (χ1v) is 9.80. The van der Waals surface area contributed by atoms with E-state index in [9.17, 15) is 10.2 Å². The van der Waals surface area contributed by atoms with Crippen LogP contribution in [0.2, 0.25) is 0 Å². The van der Waals surface area contributed by atoms with E-state index in [2.05, 4.69) is 50.2 Å². The Hall–Kier alpha value is -0.200. The van der Waals surface area contributed by atoms with Crippen molar-refractivity contribution in [3.8, 4) is 0 Å². The number of aliphatic hydroxyl groups is 2. The summed E-state index contributed by atoms with van der Waals surface area (Å²) in [5.41, 5.74) is -0.553. The summed E-state index contributed by atoms with van der Waals surface area (Å²) in [7, 11) is 0. The fourth-order valence-electron chi connectivity index (χ4n) is 5.19. The number of piperidine rings is 1. The second-order valence-electron chi connectivity index (χ2n) is 9.25. The lowest BCUT2D eigenvalue weighted by atomic mass is 9.69. The van der Waals surface area contributed by atoms with Gasteiger partial charge < -0.3 is 15.5 Å². The lowest BCUT2D eigenvalue weighted by molar-refractivity contribution is -0.0868. The van der Waals surface area contributed by atoms with E-state index in [4.69, 9.17) is 0 Å². The van der Waals surface area contributed by atoms with Crippen LogP contribution < -0.4 is 10.6 Å². The molecular formula is C19H39N3O2. The molecule has 2 saturated heterocycles. The highest BCUT2D eigenvalue weighted by molar-refractivity contribution is 5.14. The normalized spacial score (nSPS) is 31.6. The van der Waals surface area contributed by atoms with Crippen molar-refractivity contribution in [1.29, 1.82) is 0 Å². The van der Waals surface area contributed by atoms with Crippen molar-refractivity contribution < 1.29 is 10.2 Å². The fourth-order valence-corrected chi connectivity index (χ4v) is 5.19. The van der Waals surface area contributed by atoms with Crippen molar-refractivity contribution in [3.05, 3.63) is 0 Å². The summed E-state index contributed by atoms with van der Waals surface area (Å²) in [6.45, 7) is 11.8. The van der Waals surface area contributed by atoms with Crippen LogP contribution in [0.3, 0.4) is 0 Å². The van der Waals surface area contributed by atoms with E-state index in [0.29, 0.717) is 0 Å². The van der Waals surface area contributed by atoms with Crippen molar-refractivity contribution in [2.24, 2.45) is 0 Å². The van der Waals surface area contributed by atoms with Crippen LogP contribution in [0.15, 0.2) is 0 Å². The molecule has 0 aromatic rings. The zero-order valence-electron chi connectivity index (χ0n) is 16.4. The number of hydrogen-bond donors (Lipinski definition) is 4. The molecule has 2 rings (SSSR count). The average Bonchev–Trinajstić information content (AvgIpc) is 2.62. The summed E-state index contributed by atoms with van der Waals surface area (Å²) >= 11 is 0. The molecule has 0 aliphatic carbocycles. The van der Waals surface area contributed by atoms with Gasteiger partial charge in [-0.25, -0.2) is 0 Å². The Bertz CT molecular complexity index is 395. The van der Waals surface area contributed by atoms with Crippen LogP contribution in [0.5, 0.6) is 0 Å². The zero-order valence-corrected chi connectivity index (χ0v) is 16.4. The molecule has 24 heavy (non-hydrogen) atoms. The number of rotatable bonds is 7. The van der Waals surface area contributed by atoms with Gasteiger partial charge in [0.15, 0.2) is 6.35 Å². The molecule has 2 fully saturated rings. The van der Waals surface area contributed by atoms with Crippen molar-refractivity contribution in [1.82, 2.24) is 15.5 Å². The Morgan fingerprint density at radius 2 is 1.46 bits per heavy atom. The van der Waals surface area contributed by atoms with Crippen LogP contribution in [0, 0.1) is 0 Å². The van der Waals surface area contributed by atoms with Crippen molar-refractivity contribution in [2.45, 2.75) is 115 Å². The maximum Gasteiger partial charge on any atom is 0.165 e. The highest BCUT2D eigenvalue weighted by Gasteiger charge is 2.59. The van der Waals surface area contributed by atoms with Crippen LogP contribution in [-0.4, -0.2) is 50.9 Å². The molecule has 1 spiro atoms. The number of nitrogens with one attached hydrogen (secondary N) is 2. The second-order valence-corrected chi connectivity index (χ2v) is 9.25. The van der Waals surface area contributed by atoms with Gasteiger partial charge in [-0.1, -0.05) is 39.0 Å². The minimum atomic E-state index is -0.750. The third kappa shape index (κ3) is 4.50. The second kappa shape index (κ2) is 7.58. The van der Waals surface area contributed by atoms with Gasteiger partial charge in [0, 0.05) is 17.6 Å². The smallest absolute Gasteiger partial charge is 0.165 e. The largest absolute Gasteiger partial charge is 0.377 e. The van der Waals surface area contributed by atoms with Crippen molar-refractivity contribution >= 4 is 0 Å². The Morgan fingerprint density at radius 1 is 0.917 bits per heavy atom. The molecular weight excluding hydrogens is 302 g/mol. The van der Waals surface area contributed by atoms with Gasteiger partial charge in [0.25, 0.3) is 0 Å².